The van der Waals surface area contributed by atoms with Crippen molar-refractivity contribution >= 4 is 40.3 Å². The normalized spacial score (nSPS) is 19.1. The van der Waals surface area contributed by atoms with E-state index in [2.05, 4.69) is 39.6 Å². The molecule has 9 heteroatoms. The summed E-state index contributed by atoms with van der Waals surface area (Å²) in [6.07, 6.45) is 4.73. The summed E-state index contributed by atoms with van der Waals surface area (Å²) in [7, 11) is 0. The fourth-order valence-corrected chi connectivity index (χ4v) is 5.97. The van der Waals surface area contributed by atoms with Gasteiger partial charge in [0.15, 0.2) is 0 Å². The third-order valence-corrected chi connectivity index (χ3v) is 8.22. The van der Waals surface area contributed by atoms with Crippen LogP contribution in [0.3, 0.4) is 0 Å². The number of anilines is 1. The number of H-pyrrole nitrogens is 1. The number of carbonyl (C=O) groups excluding carboxylic acids is 1. The van der Waals surface area contributed by atoms with Crippen LogP contribution in [0.15, 0.2) is 48.7 Å². The van der Waals surface area contributed by atoms with E-state index in [1.165, 1.54) is 10.9 Å². The molecule has 0 bridgehead atoms. The first-order valence-corrected chi connectivity index (χ1v) is 13.3. The molecular weight excluding hydrogens is 492 g/mol. The van der Waals surface area contributed by atoms with Gasteiger partial charge in [0.2, 0.25) is 0 Å². The number of aromatic nitrogens is 1. The number of para-hydroxylation sites is 1. The summed E-state index contributed by atoms with van der Waals surface area (Å²) in [5.74, 6) is -0.320. The molecule has 0 radical (unpaired) electrons. The number of carboxylic acids is 1. The molecule has 2 aliphatic rings. The first-order valence-electron chi connectivity index (χ1n) is 12.9. The van der Waals surface area contributed by atoms with E-state index in [4.69, 9.17) is 16.4 Å². The first kappa shape index (κ1) is 25.6. The Labute approximate surface area is 221 Å². The summed E-state index contributed by atoms with van der Waals surface area (Å²) < 4.78 is 0. The molecule has 2 saturated heterocycles. The van der Waals surface area contributed by atoms with Crippen LogP contribution in [0.4, 0.5) is 10.5 Å². The van der Waals surface area contributed by atoms with Crippen LogP contribution in [-0.4, -0.2) is 64.3 Å². The van der Waals surface area contributed by atoms with Crippen molar-refractivity contribution < 1.29 is 19.5 Å². The molecule has 1 atom stereocenters. The zero-order valence-corrected chi connectivity index (χ0v) is 21.7. The highest BCUT2D eigenvalue weighted by Gasteiger charge is 2.38. The van der Waals surface area contributed by atoms with Gasteiger partial charge >= 0.3 is 12.1 Å². The summed E-state index contributed by atoms with van der Waals surface area (Å²) in [6.45, 7) is 4.42. The molecule has 3 N–H and O–H groups in total. The van der Waals surface area contributed by atoms with Crippen LogP contribution < -0.4 is 5.32 Å². The van der Waals surface area contributed by atoms with E-state index in [-0.39, 0.29) is 5.92 Å². The smallest absolute Gasteiger partial charge is 0.430 e. The summed E-state index contributed by atoms with van der Waals surface area (Å²) in [6, 6.07) is 13.1. The summed E-state index contributed by atoms with van der Waals surface area (Å²) >= 11 is 6.13. The van der Waals surface area contributed by atoms with Crippen LogP contribution in [-0.2, 0) is 9.63 Å². The molecule has 0 spiro atoms. The zero-order valence-electron chi connectivity index (χ0n) is 21.0. The van der Waals surface area contributed by atoms with Crippen molar-refractivity contribution in [3.05, 3.63) is 64.8 Å². The van der Waals surface area contributed by atoms with Crippen molar-refractivity contribution in [3.8, 4) is 0 Å². The van der Waals surface area contributed by atoms with Crippen molar-refractivity contribution in [1.82, 2.24) is 14.9 Å². The molecule has 3 aromatic rings. The van der Waals surface area contributed by atoms with Gasteiger partial charge in [-0.1, -0.05) is 35.9 Å². The molecule has 5 rings (SSSR count). The lowest BCUT2D eigenvalue weighted by Crippen LogP contribution is -2.52. The Morgan fingerprint density at radius 3 is 2.51 bits per heavy atom. The second-order valence-corrected chi connectivity index (χ2v) is 10.5. The second kappa shape index (κ2) is 11.1. The Morgan fingerprint density at radius 2 is 1.81 bits per heavy atom. The van der Waals surface area contributed by atoms with E-state index in [0.29, 0.717) is 42.6 Å². The fourth-order valence-electron chi connectivity index (χ4n) is 5.79. The van der Waals surface area contributed by atoms with Crippen LogP contribution in [0.2, 0.25) is 5.02 Å². The van der Waals surface area contributed by atoms with Gasteiger partial charge in [0.25, 0.3) is 0 Å². The maximum atomic E-state index is 12.3. The minimum atomic E-state index is -0.765. The number of amides is 1. The Bertz CT molecular complexity index is 1260. The summed E-state index contributed by atoms with van der Waals surface area (Å²) in [5.41, 5.74) is 3.97. The van der Waals surface area contributed by atoms with E-state index < -0.39 is 18.1 Å². The van der Waals surface area contributed by atoms with E-state index in [1.54, 1.807) is 17.2 Å². The molecule has 2 aliphatic heterocycles. The molecular formula is C28H33ClN4O4. The van der Waals surface area contributed by atoms with Gasteiger partial charge in [0, 0.05) is 40.9 Å². The predicted octanol–water partition coefficient (Wildman–Crippen LogP) is 5.64. The van der Waals surface area contributed by atoms with Crippen LogP contribution in [0.1, 0.15) is 42.7 Å². The third kappa shape index (κ3) is 5.76. The van der Waals surface area contributed by atoms with Crippen molar-refractivity contribution in [2.45, 2.75) is 44.6 Å². The number of benzene rings is 2. The number of likely N-dealkylation sites (tertiary alicyclic amines) is 1. The van der Waals surface area contributed by atoms with Crippen LogP contribution >= 0.6 is 11.6 Å². The first-order chi connectivity index (χ1) is 17.9. The number of nitrogens with one attached hydrogen (secondary N) is 2. The maximum absolute atomic E-state index is 12.3. The van der Waals surface area contributed by atoms with Gasteiger partial charge in [-0.15, -0.1) is 5.06 Å². The molecule has 2 aromatic carbocycles. The quantitative estimate of drug-likeness (QED) is 0.386. The number of carboxylic acid groups (broad SMARTS) is 1. The molecule has 8 nitrogen and oxygen atoms in total. The number of halogens is 1. The van der Waals surface area contributed by atoms with Crippen molar-refractivity contribution in [3.63, 3.8) is 0 Å². The molecule has 37 heavy (non-hydrogen) atoms. The number of fused-ring (bicyclic) bond motifs is 1. The zero-order chi connectivity index (χ0) is 25.9. The number of nitrogens with zero attached hydrogens (tertiary/aromatic N) is 2. The number of aromatic amines is 1. The van der Waals surface area contributed by atoms with Crippen molar-refractivity contribution in [1.29, 1.82) is 0 Å². The van der Waals surface area contributed by atoms with Crippen LogP contribution in [0.25, 0.3) is 10.9 Å². The Kier molecular flexibility index (Phi) is 7.69. The van der Waals surface area contributed by atoms with Crippen LogP contribution in [0, 0.1) is 12.8 Å². The Hall–Kier alpha value is -3.07. The van der Waals surface area contributed by atoms with E-state index in [0.717, 1.165) is 37.0 Å². The van der Waals surface area contributed by atoms with Gasteiger partial charge in [-0.2, -0.15) is 0 Å². The number of hydrogen-bond acceptors (Lipinski definition) is 5. The number of aryl methyl sites for hydroxylation is 1. The largest absolute Gasteiger partial charge is 0.480 e. The topological polar surface area (TPSA) is 97.9 Å². The van der Waals surface area contributed by atoms with E-state index >= 15 is 0 Å². The molecule has 1 aromatic heterocycles. The lowest BCUT2D eigenvalue weighted by atomic mass is 9.85. The molecule has 3 heterocycles. The average Bonchev–Trinajstić information content (AvgIpc) is 3.32. The van der Waals surface area contributed by atoms with Gasteiger partial charge in [0.1, 0.15) is 6.04 Å². The highest BCUT2D eigenvalue weighted by molar-refractivity contribution is 6.31. The van der Waals surface area contributed by atoms with Gasteiger partial charge in [0.05, 0.1) is 0 Å². The number of rotatable bonds is 6. The lowest BCUT2D eigenvalue weighted by Gasteiger charge is -2.41. The van der Waals surface area contributed by atoms with Crippen LogP contribution in [0.5, 0.6) is 0 Å². The highest BCUT2D eigenvalue weighted by atomic mass is 35.5. The number of carbonyl (C=O) groups is 2. The summed E-state index contributed by atoms with van der Waals surface area (Å²) in [4.78, 5) is 35.6. The minimum absolute atomic E-state index is 0.0148. The number of piperidine rings is 2. The van der Waals surface area contributed by atoms with E-state index in [1.807, 2.05) is 19.1 Å². The van der Waals surface area contributed by atoms with Gasteiger partial charge in [-0.05, 0) is 86.9 Å². The lowest BCUT2D eigenvalue weighted by molar-refractivity contribution is -0.151. The molecule has 0 aliphatic carbocycles. The second-order valence-electron chi connectivity index (χ2n) is 10.1. The molecule has 196 valence electrons. The minimum Gasteiger partial charge on any atom is -0.480 e. The average molecular weight is 525 g/mol. The molecule has 1 unspecified atom stereocenters. The summed E-state index contributed by atoms with van der Waals surface area (Å²) in [5, 5.41) is 16.3. The van der Waals surface area contributed by atoms with Crippen molar-refractivity contribution in [2.24, 2.45) is 5.92 Å². The van der Waals surface area contributed by atoms with Gasteiger partial charge in [-0.25, -0.2) is 4.79 Å². The predicted molar refractivity (Wildman–Crippen MR) is 144 cm³/mol. The maximum Gasteiger partial charge on any atom is 0.430 e. The number of hydrogen-bond donors (Lipinski definition) is 3. The molecule has 0 saturated carbocycles. The Morgan fingerprint density at radius 1 is 1.08 bits per heavy atom. The molecule has 1 amide bonds. The van der Waals surface area contributed by atoms with Crippen molar-refractivity contribution in [2.75, 3.05) is 31.5 Å². The standard InChI is InChI=1S/C28H33ClN4O4/c1-18-6-7-21(16-24(18)29)31-28(36)37-33-14-10-20(11-15-33)26(27(34)35)32-12-8-19(9-13-32)23-17-30-25-5-3-2-4-22(23)25/h2-7,16-17,19-20,26,30H,8-15H2,1H3,(H,31,36)(H,34,35). The molecule has 2 fully saturated rings. The third-order valence-electron chi connectivity index (χ3n) is 7.81. The number of aliphatic carboxylic acids is 1. The fraction of sp³-hybridized carbons (Fsp3) is 0.429. The SMILES string of the molecule is Cc1ccc(NC(=O)ON2CCC(C(C(=O)O)N3CCC(c4c[nH]c5ccccc45)CC3)CC2)cc1Cl. The van der Waals surface area contributed by atoms with Gasteiger partial charge < -0.3 is 14.9 Å². The van der Waals surface area contributed by atoms with Gasteiger partial charge in [-0.3, -0.25) is 15.0 Å². The Balaban J connectivity index is 1.13. The number of hydroxylamine groups is 2. The van der Waals surface area contributed by atoms with E-state index in [9.17, 15) is 14.7 Å². The monoisotopic (exact) mass is 524 g/mol. The highest BCUT2D eigenvalue weighted by Crippen LogP contribution is 2.35.